The summed E-state index contributed by atoms with van der Waals surface area (Å²) in [6.45, 7) is 4.67. The number of ether oxygens (including phenoxy) is 1. The van der Waals surface area contributed by atoms with Crippen molar-refractivity contribution in [3.05, 3.63) is 47.9 Å². The van der Waals surface area contributed by atoms with Crippen LogP contribution < -0.4 is 10.6 Å². The number of hydrogen-bond acceptors (Lipinski definition) is 6. The molecule has 3 rings (SSSR count). The van der Waals surface area contributed by atoms with Crippen molar-refractivity contribution in [2.75, 3.05) is 50.0 Å². The van der Waals surface area contributed by atoms with E-state index in [4.69, 9.17) is 4.74 Å². The lowest BCUT2D eigenvalue weighted by atomic mass is 10.2. The van der Waals surface area contributed by atoms with E-state index in [2.05, 4.69) is 25.5 Å². The molecule has 1 saturated heterocycles. The van der Waals surface area contributed by atoms with Gasteiger partial charge in [0.1, 0.15) is 35.2 Å². The van der Waals surface area contributed by atoms with Crippen molar-refractivity contribution >= 4 is 17.4 Å². The molecule has 2 heterocycles. The van der Waals surface area contributed by atoms with Gasteiger partial charge in [0.2, 0.25) is 0 Å². The molecule has 1 aliphatic heterocycles. The quantitative estimate of drug-likeness (QED) is 0.814. The number of para-hydroxylation sites is 1. The molecule has 0 bridgehead atoms. The number of amides is 1. The maximum absolute atomic E-state index is 13.6. The van der Waals surface area contributed by atoms with Crippen molar-refractivity contribution in [1.29, 1.82) is 0 Å². The van der Waals surface area contributed by atoms with Gasteiger partial charge in [0.15, 0.2) is 0 Å². The van der Waals surface area contributed by atoms with Crippen LogP contribution in [0.2, 0.25) is 0 Å². The Kier molecular flexibility index (Phi) is 6.03. The van der Waals surface area contributed by atoms with Gasteiger partial charge in [-0.1, -0.05) is 6.07 Å². The third-order valence-electron chi connectivity index (χ3n) is 3.94. The molecule has 9 heteroatoms. The van der Waals surface area contributed by atoms with Crippen LogP contribution in [0.1, 0.15) is 10.5 Å². The maximum atomic E-state index is 13.6. The van der Waals surface area contributed by atoms with Crippen LogP contribution in [0.3, 0.4) is 0 Å². The Morgan fingerprint density at radius 2 is 1.92 bits per heavy atom. The van der Waals surface area contributed by atoms with Gasteiger partial charge >= 0.3 is 0 Å². The Labute approximate surface area is 149 Å². The third-order valence-corrected chi connectivity index (χ3v) is 3.94. The van der Waals surface area contributed by atoms with Gasteiger partial charge in [0.25, 0.3) is 5.91 Å². The van der Waals surface area contributed by atoms with Crippen molar-refractivity contribution in [3.8, 4) is 0 Å². The molecule has 0 spiro atoms. The zero-order valence-corrected chi connectivity index (χ0v) is 14.0. The monoisotopic (exact) mass is 363 g/mol. The highest BCUT2D eigenvalue weighted by Gasteiger charge is 2.15. The van der Waals surface area contributed by atoms with E-state index in [0.717, 1.165) is 45.0 Å². The topological polar surface area (TPSA) is 79.4 Å². The number of benzene rings is 1. The zero-order valence-electron chi connectivity index (χ0n) is 14.0. The number of halogens is 2. The fourth-order valence-electron chi connectivity index (χ4n) is 2.54. The number of carbonyl (C=O) groups excluding carboxylic acids is 1. The van der Waals surface area contributed by atoms with Crippen molar-refractivity contribution < 1.29 is 18.3 Å². The van der Waals surface area contributed by atoms with Crippen LogP contribution in [-0.4, -0.2) is 60.2 Å². The van der Waals surface area contributed by atoms with E-state index in [-0.39, 0.29) is 5.69 Å². The standard InChI is InChI=1S/C17H19F2N5O2/c18-12-2-1-3-13(19)16(12)23-17(25)14-10-15(22-11-21-14)20-4-5-24-6-8-26-9-7-24/h1-3,10-11H,4-9H2,(H,23,25)(H,20,21,22). The minimum atomic E-state index is -0.851. The molecule has 1 aromatic heterocycles. The first kappa shape index (κ1) is 18.2. The molecule has 138 valence electrons. The molecule has 1 amide bonds. The first-order valence-corrected chi connectivity index (χ1v) is 8.25. The highest BCUT2D eigenvalue weighted by molar-refractivity contribution is 6.03. The normalized spacial score (nSPS) is 14.8. The summed E-state index contributed by atoms with van der Waals surface area (Å²) in [5.74, 6) is -1.95. The Morgan fingerprint density at radius 3 is 2.65 bits per heavy atom. The van der Waals surface area contributed by atoms with Crippen LogP contribution in [-0.2, 0) is 4.74 Å². The SMILES string of the molecule is O=C(Nc1c(F)cccc1F)c1cc(NCCN2CCOCC2)ncn1. The first-order valence-electron chi connectivity index (χ1n) is 8.25. The number of rotatable bonds is 6. The summed E-state index contributed by atoms with van der Waals surface area (Å²) in [6, 6.07) is 4.80. The minimum absolute atomic E-state index is 0.0107. The van der Waals surface area contributed by atoms with Gasteiger partial charge in [-0.05, 0) is 12.1 Å². The van der Waals surface area contributed by atoms with Crippen molar-refractivity contribution in [2.24, 2.45) is 0 Å². The molecule has 2 N–H and O–H groups in total. The summed E-state index contributed by atoms with van der Waals surface area (Å²) >= 11 is 0. The molecule has 0 aliphatic carbocycles. The van der Waals surface area contributed by atoms with Crippen LogP contribution in [0.5, 0.6) is 0 Å². The summed E-state index contributed by atoms with van der Waals surface area (Å²) < 4.78 is 32.6. The molecule has 0 radical (unpaired) electrons. The zero-order chi connectivity index (χ0) is 18.4. The lowest BCUT2D eigenvalue weighted by molar-refractivity contribution is 0.0398. The highest BCUT2D eigenvalue weighted by atomic mass is 19.1. The lowest BCUT2D eigenvalue weighted by Crippen LogP contribution is -2.39. The van der Waals surface area contributed by atoms with E-state index in [1.54, 1.807) is 0 Å². The van der Waals surface area contributed by atoms with Gasteiger partial charge in [0, 0.05) is 32.2 Å². The van der Waals surface area contributed by atoms with Crippen molar-refractivity contribution in [2.45, 2.75) is 0 Å². The van der Waals surface area contributed by atoms with Gasteiger partial charge in [-0.25, -0.2) is 18.7 Å². The summed E-state index contributed by atoms with van der Waals surface area (Å²) in [4.78, 5) is 22.4. The van der Waals surface area contributed by atoms with Gasteiger partial charge in [-0.15, -0.1) is 0 Å². The van der Waals surface area contributed by atoms with E-state index in [1.165, 1.54) is 18.5 Å². The van der Waals surface area contributed by atoms with Crippen LogP contribution in [0.25, 0.3) is 0 Å². The molecule has 1 aliphatic rings. The molecule has 1 aromatic carbocycles. The number of nitrogens with zero attached hydrogens (tertiary/aromatic N) is 3. The van der Waals surface area contributed by atoms with Gasteiger partial charge < -0.3 is 15.4 Å². The highest BCUT2D eigenvalue weighted by Crippen LogP contribution is 2.19. The average Bonchev–Trinajstić information content (AvgIpc) is 2.66. The number of anilines is 2. The van der Waals surface area contributed by atoms with Crippen LogP contribution >= 0.6 is 0 Å². The lowest BCUT2D eigenvalue weighted by Gasteiger charge is -2.26. The molecule has 0 saturated carbocycles. The predicted molar refractivity (Wildman–Crippen MR) is 92.1 cm³/mol. The smallest absolute Gasteiger partial charge is 0.274 e. The van der Waals surface area contributed by atoms with Gasteiger partial charge in [0.05, 0.1) is 13.2 Å². The number of carbonyl (C=O) groups is 1. The fourth-order valence-corrected chi connectivity index (χ4v) is 2.54. The second kappa shape index (κ2) is 8.63. The number of aromatic nitrogens is 2. The number of morpholine rings is 1. The number of nitrogens with one attached hydrogen (secondary N) is 2. The Balaban J connectivity index is 1.58. The van der Waals surface area contributed by atoms with E-state index >= 15 is 0 Å². The molecule has 1 fully saturated rings. The van der Waals surface area contributed by atoms with Gasteiger partial charge in [-0.3, -0.25) is 9.69 Å². The van der Waals surface area contributed by atoms with E-state index < -0.39 is 23.2 Å². The second-order valence-electron chi connectivity index (χ2n) is 5.72. The largest absolute Gasteiger partial charge is 0.379 e. The predicted octanol–water partition coefficient (Wildman–Crippen LogP) is 1.75. The Hall–Kier alpha value is -2.65. The maximum Gasteiger partial charge on any atom is 0.274 e. The van der Waals surface area contributed by atoms with E-state index in [1.807, 2.05) is 0 Å². The van der Waals surface area contributed by atoms with Gasteiger partial charge in [-0.2, -0.15) is 0 Å². The Bertz CT molecular complexity index is 748. The average molecular weight is 363 g/mol. The molecule has 0 atom stereocenters. The molecular formula is C17H19F2N5O2. The summed E-state index contributed by atoms with van der Waals surface area (Å²) in [7, 11) is 0. The molecule has 7 nitrogen and oxygen atoms in total. The van der Waals surface area contributed by atoms with Crippen LogP contribution in [0.4, 0.5) is 20.3 Å². The van der Waals surface area contributed by atoms with Crippen molar-refractivity contribution in [1.82, 2.24) is 14.9 Å². The molecule has 26 heavy (non-hydrogen) atoms. The minimum Gasteiger partial charge on any atom is -0.379 e. The van der Waals surface area contributed by atoms with E-state index in [9.17, 15) is 13.6 Å². The van der Waals surface area contributed by atoms with Crippen LogP contribution in [0, 0.1) is 11.6 Å². The summed E-state index contributed by atoms with van der Waals surface area (Å²) in [5, 5.41) is 5.31. The second-order valence-corrected chi connectivity index (χ2v) is 5.72. The third kappa shape index (κ3) is 4.70. The fraction of sp³-hybridized carbons (Fsp3) is 0.353. The summed E-state index contributed by atoms with van der Waals surface area (Å²) in [5.41, 5.74) is -0.491. The Morgan fingerprint density at radius 1 is 1.19 bits per heavy atom. The summed E-state index contributed by atoms with van der Waals surface area (Å²) in [6.07, 6.45) is 1.23. The molecule has 2 aromatic rings. The molecule has 0 unspecified atom stereocenters. The van der Waals surface area contributed by atoms with Crippen LogP contribution in [0.15, 0.2) is 30.6 Å². The number of hydrogen-bond donors (Lipinski definition) is 2. The van der Waals surface area contributed by atoms with Crippen molar-refractivity contribution in [3.63, 3.8) is 0 Å². The van der Waals surface area contributed by atoms with E-state index in [0.29, 0.717) is 12.4 Å². The molecular weight excluding hydrogens is 344 g/mol. The first-order chi connectivity index (χ1) is 12.6.